The largest absolute Gasteiger partial charge is 0.372 e. The molecule has 0 aliphatic carbocycles. The molecule has 1 amide bonds. The minimum Gasteiger partial charge on any atom is -0.372 e. The maximum absolute atomic E-state index is 12.3. The van der Waals surface area contributed by atoms with Gasteiger partial charge in [-0.15, -0.1) is 0 Å². The number of nitrogens with one attached hydrogen (secondary N) is 2. The van der Waals surface area contributed by atoms with Crippen LogP contribution in [-0.4, -0.2) is 24.0 Å². The molecule has 2 N–H and O–H groups in total. The molecule has 0 unspecified atom stereocenters. The number of hydrogen-bond acceptors (Lipinski definition) is 3. The van der Waals surface area contributed by atoms with Crippen LogP contribution in [0, 0.1) is 6.92 Å². The van der Waals surface area contributed by atoms with Crippen molar-refractivity contribution in [3.63, 3.8) is 0 Å². The topological polar surface area (TPSA) is 65.2 Å². The number of aromatic amines is 1. The van der Waals surface area contributed by atoms with Crippen LogP contribution in [0.5, 0.6) is 0 Å². The Morgan fingerprint density at radius 2 is 1.82 bits per heavy atom. The fraction of sp³-hybridized carbons (Fsp3) is 0.304. The van der Waals surface area contributed by atoms with Gasteiger partial charge in [0.2, 0.25) is 5.91 Å². The van der Waals surface area contributed by atoms with E-state index < -0.39 is 0 Å². The van der Waals surface area contributed by atoms with Crippen molar-refractivity contribution in [2.75, 3.05) is 23.3 Å². The van der Waals surface area contributed by atoms with Crippen LogP contribution in [0.15, 0.2) is 53.3 Å². The van der Waals surface area contributed by atoms with Crippen molar-refractivity contribution >= 4 is 28.2 Å². The van der Waals surface area contributed by atoms with E-state index in [1.54, 1.807) is 0 Å². The number of benzene rings is 2. The van der Waals surface area contributed by atoms with Crippen LogP contribution < -0.4 is 15.8 Å². The quantitative estimate of drug-likeness (QED) is 0.708. The van der Waals surface area contributed by atoms with Crippen LogP contribution in [0.3, 0.4) is 0 Å². The first kappa shape index (κ1) is 18.3. The number of fused-ring (bicyclic) bond motifs is 1. The first-order chi connectivity index (χ1) is 13.6. The van der Waals surface area contributed by atoms with Gasteiger partial charge in [-0.3, -0.25) is 9.59 Å². The van der Waals surface area contributed by atoms with E-state index in [9.17, 15) is 9.59 Å². The van der Waals surface area contributed by atoms with Crippen molar-refractivity contribution in [1.29, 1.82) is 0 Å². The third-order valence-electron chi connectivity index (χ3n) is 5.32. The summed E-state index contributed by atoms with van der Waals surface area (Å²) in [7, 11) is 0. The Morgan fingerprint density at radius 3 is 2.57 bits per heavy atom. The summed E-state index contributed by atoms with van der Waals surface area (Å²) in [5.41, 5.74) is 4.46. The number of nitrogens with zero attached hydrogens (tertiary/aromatic N) is 1. The van der Waals surface area contributed by atoms with Gasteiger partial charge in [-0.2, -0.15) is 0 Å². The number of amides is 1. The molecule has 3 aromatic rings. The Balaban J connectivity index is 1.38. The highest BCUT2D eigenvalue weighted by Crippen LogP contribution is 2.22. The maximum Gasteiger partial charge on any atom is 0.251 e. The molecule has 1 saturated heterocycles. The van der Waals surface area contributed by atoms with Gasteiger partial charge < -0.3 is 15.2 Å². The minimum atomic E-state index is -0.126. The molecule has 0 radical (unpaired) electrons. The summed E-state index contributed by atoms with van der Waals surface area (Å²) in [5.74, 6) is -0.0855. The van der Waals surface area contributed by atoms with Gasteiger partial charge in [0.1, 0.15) is 0 Å². The maximum atomic E-state index is 12.3. The number of aromatic nitrogens is 1. The Labute approximate surface area is 164 Å². The molecule has 5 nitrogen and oxygen atoms in total. The highest BCUT2D eigenvalue weighted by atomic mass is 16.1. The fourth-order valence-electron chi connectivity index (χ4n) is 3.76. The SMILES string of the molecule is Cc1ccc2[nH]c(=O)c(CCC(=O)Nc3ccc(N4CCCC4)cc3)cc2c1. The number of carbonyl (C=O) groups excluding carboxylic acids is 1. The molecule has 1 fully saturated rings. The zero-order valence-corrected chi connectivity index (χ0v) is 16.1. The number of carbonyl (C=O) groups is 1. The van der Waals surface area contributed by atoms with Crippen LogP contribution in [-0.2, 0) is 11.2 Å². The number of pyridine rings is 1. The van der Waals surface area contributed by atoms with Crippen molar-refractivity contribution in [2.24, 2.45) is 0 Å². The van der Waals surface area contributed by atoms with Gasteiger partial charge in [0.05, 0.1) is 0 Å². The fourth-order valence-corrected chi connectivity index (χ4v) is 3.76. The third kappa shape index (κ3) is 4.09. The Bertz CT molecular complexity index is 1050. The van der Waals surface area contributed by atoms with Crippen LogP contribution in [0.2, 0.25) is 0 Å². The molecule has 0 saturated carbocycles. The Hall–Kier alpha value is -3.08. The molecule has 2 aromatic carbocycles. The van der Waals surface area contributed by atoms with E-state index in [1.165, 1.54) is 18.5 Å². The van der Waals surface area contributed by atoms with E-state index in [-0.39, 0.29) is 17.9 Å². The summed E-state index contributed by atoms with van der Waals surface area (Å²) >= 11 is 0. The van der Waals surface area contributed by atoms with Crippen molar-refractivity contribution in [3.05, 3.63) is 70.0 Å². The van der Waals surface area contributed by atoms with Crippen LogP contribution in [0.4, 0.5) is 11.4 Å². The van der Waals surface area contributed by atoms with E-state index in [4.69, 9.17) is 0 Å². The number of hydrogen-bond donors (Lipinski definition) is 2. The average Bonchev–Trinajstić information content (AvgIpc) is 3.22. The summed E-state index contributed by atoms with van der Waals surface area (Å²) in [4.78, 5) is 29.8. The van der Waals surface area contributed by atoms with E-state index in [2.05, 4.69) is 27.3 Å². The predicted octanol–water partition coefficient (Wildman–Crippen LogP) is 4.01. The van der Waals surface area contributed by atoms with Gasteiger partial charge in [-0.05, 0) is 74.0 Å². The van der Waals surface area contributed by atoms with Crippen LogP contribution in [0.1, 0.15) is 30.4 Å². The monoisotopic (exact) mass is 375 g/mol. The molecule has 144 valence electrons. The Kier molecular flexibility index (Phi) is 5.15. The third-order valence-corrected chi connectivity index (χ3v) is 5.32. The zero-order chi connectivity index (χ0) is 19.5. The first-order valence-corrected chi connectivity index (χ1v) is 9.86. The molecule has 1 aliphatic rings. The molecule has 1 aliphatic heterocycles. The standard InChI is InChI=1S/C23H25N3O2/c1-16-4-10-21-18(14-16)15-17(23(28)25-21)5-11-22(27)24-19-6-8-20(9-7-19)26-12-2-3-13-26/h4,6-10,14-15H,2-3,5,11-13H2,1H3,(H,24,27)(H,25,28). The molecule has 1 aromatic heterocycles. The molecule has 0 spiro atoms. The molecule has 0 atom stereocenters. The normalized spacial score (nSPS) is 13.8. The molecule has 2 heterocycles. The predicted molar refractivity (Wildman–Crippen MR) is 114 cm³/mol. The van der Waals surface area contributed by atoms with E-state index in [0.717, 1.165) is 35.2 Å². The summed E-state index contributed by atoms with van der Waals surface area (Å²) < 4.78 is 0. The summed E-state index contributed by atoms with van der Waals surface area (Å²) in [6.07, 6.45) is 3.17. The van der Waals surface area contributed by atoms with Gasteiger partial charge >= 0.3 is 0 Å². The van der Waals surface area contributed by atoms with Crippen molar-refractivity contribution in [3.8, 4) is 0 Å². The number of anilines is 2. The van der Waals surface area contributed by atoms with Crippen LogP contribution >= 0.6 is 0 Å². The lowest BCUT2D eigenvalue weighted by atomic mass is 10.1. The van der Waals surface area contributed by atoms with E-state index in [1.807, 2.05) is 43.3 Å². The number of rotatable bonds is 5. The van der Waals surface area contributed by atoms with Crippen LogP contribution in [0.25, 0.3) is 10.9 Å². The van der Waals surface area contributed by atoms with Gasteiger partial charge in [-0.1, -0.05) is 11.6 Å². The molecule has 4 rings (SSSR count). The van der Waals surface area contributed by atoms with E-state index in [0.29, 0.717) is 12.0 Å². The molecule has 28 heavy (non-hydrogen) atoms. The van der Waals surface area contributed by atoms with Gasteiger partial charge in [0.15, 0.2) is 0 Å². The van der Waals surface area contributed by atoms with Crippen molar-refractivity contribution in [1.82, 2.24) is 4.98 Å². The highest BCUT2D eigenvalue weighted by Gasteiger charge is 2.12. The number of H-pyrrole nitrogens is 1. The Morgan fingerprint density at radius 1 is 1.07 bits per heavy atom. The lowest BCUT2D eigenvalue weighted by Gasteiger charge is -2.17. The van der Waals surface area contributed by atoms with Crippen molar-refractivity contribution in [2.45, 2.75) is 32.6 Å². The first-order valence-electron chi connectivity index (χ1n) is 9.86. The zero-order valence-electron chi connectivity index (χ0n) is 16.1. The molecule has 5 heteroatoms. The van der Waals surface area contributed by atoms with Gasteiger partial charge in [0, 0.05) is 42.0 Å². The average molecular weight is 375 g/mol. The van der Waals surface area contributed by atoms with Gasteiger partial charge in [-0.25, -0.2) is 0 Å². The summed E-state index contributed by atoms with van der Waals surface area (Å²) in [6, 6.07) is 15.8. The second kappa shape index (κ2) is 7.89. The van der Waals surface area contributed by atoms with E-state index >= 15 is 0 Å². The molecular formula is C23H25N3O2. The summed E-state index contributed by atoms with van der Waals surface area (Å²) in [5, 5.41) is 3.92. The number of aryl methyl sites for hydroxylation is 2. The highest BCUT2D eigenvalue weighted by molar-refractivity contribution is 5.91. The van der Waals surface area contributed by atoms with Crippen molar-refractivity contribution < 1.29 is 4.79 Å². The lowest BCUT2D eigenvalue weighted by molar-refractivity contribution is -0.116. The molecule has 0 bridgehead atoms. The minimum absolute atomic E-state index is 0.0855. The smallest absolute Gasteiger partial charge is 0.251 e. The summed E-state index contributed by atoms with van der Waals surface area (Å²) in [6.45, 7) is 4.23. The second-order valence-electron chi connectivity index (χ2n) is 7.50. The van der Waals surface area contributed by atoms with Gasteiger partial charge in [0.25, 0.3) is 5.56 Å². The molecular weight excluding hydrogens is 350 g/mol. The lowest BCUT2D eigenvalue weighted by Crippen LogP contribution is -2.18. The second-order valence-corrected chi connectivity index (χ2v) is 7.50.